The zero-order valence-corrected chi connectivity index (χ0v) is 9.06. The molecule has 0 spiro atoms. The maximum atomic E-state index is 1.50. The molecular formula is C12H26B. The third-order valence-electron chi connectivity index (χ3n) is 3.00. The lowest BCUT2D eigenvalue weighted by atomic mass is 10.0. The molecule has 0 nitrogen and oxygen atoms in total. The van der Waals surface area contributed by atoms with Crippen molar-refractivity contribution in [1.29, 1.82) is 0 Å². The minimum absolute atomic E-state index is 0. The Bertz CT molecular complexity index is 53.3. The van der Waals surface area contributed by atoms with Crippen LogP contribution in [0.15, 0.2) is 0 Å². The molecule has 0 amide bonds. The fraction of sp³-hybridized carbons (Fsp3) is 1.00. The maximum absolute atomic E-state index is 1.50. The summed E-state index contributed by atoms with van der Waals surface area (Å²) in [6, 6.07) is 0. The molecule has 1 heteroatoms. The van der Waals surface area contributed by atoms with Crippen LogP contribution in [0.1, 0.15) is 78.5 Å². The molecule has 2 aliphatic rings. The van der Waals surface area contributed by atoms with Crippen molar-refractivity contribution in [2.45, 2.75) is 77.0 Å². The summed E-state index contributed by atoms with van der Waals surface area (Å²) in [4.78, 5) is 0. The molecule has 0 aromatic heterocycles. The average molecular weight is 182 g/mol. The van der Waals surface area contributed by atoms with Crippen LogP contribution < -0.4 is 0 Å². The van der Waals surface area contributed by atoms with Crippen LogP contribution in [-0.4, -0.2) is 8.41 Å². The zero-order valence-electron chi connectivity index (χ0n) is 9.06. The highest BCUT2D eigenvalue weighted by Crippen LogP contribution is 2.15. The molecule has 0 bridgehead atoms. The summed E-state index contributed by atoms with van der Waals surface area (Å²) in [7, 11) is 0. The Labute approximate surface area is 87.6 Å². The first-order chi connectivity index (χ1) is 6.00. The third kappa shape index (κ3) is 8.40. The van der Waals surface area contributed by atoms with E-state index >= 15 is 0 Å². The minimum Gasteiger partial charge on any atom is -0.0533 e. The van der Waals surface area contributed by atoms with E-state index in [0.717, 1.165) is 0 Å². The zero-order chi connectivity index (χ0) is 8.49. The van der Waals surface area contributed by atoms with E-state index in [2.05, 4.69) is 0 Å². The lowest BCUT2D eigenvalue weighted by Crippen LogP contribution is -1.85. The van der Waals surface area contributed by atoms with Crippen LogP contribution in [0.2, 0.25) is 0 Å². The van der Waals surface area contributed by atoms with Crippen molar-refractivity contribution in [3.05, 3.63) is 0 Å². The molecule has 2 saturated carbocycles. The molecule has 77 valence electrons. The summed E-state index contributed by atoms with van der Waals surface area (Å²) < 4.78 is 0. The normalized spacial score (nSPS) is 22.2. The van der Waals surface area contributed by atoms with Crippen LogP contribution >= 0.6 is 0 Å². The lowest BCUT2D eigenvalue weighted by Gasteiger charge is -2.05. The highest BCUT2D eigenvalue weighted by molar-refractivity contribution is 5.75. The van der Waals surface area contributed by atoms with Gasteiger partial charge in [-0.15, -0.1) is 0 Å². The smallest absolute Gasteiger partial charge is 0 e. The van der Waals surface area contributed by atoms with E-state index in [0.29, 0.717) is 0 Å². The van der Waals surface area contributed by atoms with E-state index in [1.54, 1.807) is 0 Å². The average Bonchev–Trinajstić information content (AvgIpc) is 2.24. The van der Waals surface area contributed by atoms with E-state index in [-0.39, 0.29) is 9.84 Å². The Morgan fingerprint density at radius 1 is 0.308 bits per heavy atom. The number of hydrogen-bond acceptors (Lipinski definition) is 0. The first-order valence-corrected chi connectivity index (χ1v) is 6.00. The van der Waals surface area contributed by atoms with Crippen molar-refractivity contribution >= 4 is 8.41 Å². The van der Waals surface area contributed by atoms with E-state index in [4.69, 9.17) is 0 Å². The molecular weight excluding hydrogens is 155 g/mol. The minimum atomic E-state index is 0. The molecule has 0 aromatic rings. The van der Waals surface area contributed by atoms with Gasteiger partial charge in [0.1, 0.15) is 0 Å². The molecule has 0 aliphatic heterocycles. The summed E-state index contributed by atoms with van der Waals surface area (Å²) in [6.07, 6.45) is 18.0. The molecule has 0 heterocycles. The summed E-state index contributed by atoms with van der Waals surface area (Å²) >= 11 is 0. The largest absolute Gasteiger partial charge is 0.0533 e. The van der Waals surface area contributed by atoms with E-state index < -0.39 is 0 Å². The molecule has 0 N–H and O–H groups in total. The van der Waals surface area contributed by atoms with Gasteiger partial charge in [0.05, 0.1) is 0 Å². The SMILES string of the molecule is C1CCCCC1.C1CCCCC1.[2HH].[B]. The summed E-state index contributed by atoms with van der Waals surface area (Å²) in [5.41, 5.74) is 0. The van der Waals surface area contributed by atoms with Gasteiger partial charge in [0.15, 0.2) is 0 Å². The topological polar surface area (TPSA) is 0 Å². The molecule has 0 atom stereocenters. The van der Waals surface area contributed by atoms with Gasteiger partial charge in [0, 0.05) is 9.84 Å². The van der Waals surface area contributed by atoms with Gasteiger partial charge < -0.3 is 0 Å². The second-order valence-corrected chi connectivity index (χ2v) is 4.24. The molecule has 2 fully saturated rings. The van der Waals surface area contributed by atoms with Crippen LogP contribution in [0.4, 0.5) is 0 Å². The van der Waals surface area contributed by atoms with Crippen molar-refractivity contribution in [2.75, 3.05) is 0 Å². The molecule has 13 heavy (non-hydrogen) atoms. The van der Waals surface area contributed by atoms with Crippen molar-refractivity contribution in [3.63, 3.8) is 0 Å². The molecule has 3 radical (unpaired) electrons. The van der Waals surface area contributed by atoms with Crippen molar-refractivity contribution in [1.82, 2.24) is 0 Å². The number of hydrogen-bond donors (Lipinski definition) is 0. The first kappa shape index (κ1) is 13.1. The van der Waals surface area contributed by atoms with Gasteiger partial charge in [-0.2, -0.15) is 0 Å². The quantitative estimate of drug-likeness (QED) is 0.482. The van der Waals surface area contributed by atoms with Gasteiger partial charge in [-0.05, 0) is 0 Å². The fourth-order valence-corrected chi connectivity index (χ4v) is 2.12. The van der Waals surface area contributed by atoms with Crippen LogP contribution in [0.3, 0.4) is 0 Å². The summed E-state index contributed by atoms with van der Waals surface area (Å²) in [5.74, 6) is 0. The van der Waals surface area contributed by atoms with Gasteiger partial charge in [0.2, 0.25) is 0 Å². The highest BCUT2D eigenvalue weighted by Gasteiger charge is 1.96. The fourth-order valence-electron chi connectivity index (χ4n) is 2.12. The highest BCUT2D eigenvalue weighted by atomic mass is 14.0. The molecule has 0 aromatic carbocycles. The van der Waals surface area contributed by atoms with E-state index in [9.17, 15) is 0 Å². The Morgan fingerprint density at radius 3 is 0.462 bits per heavy atom. The Hall–Kier alpha value is 0.0649. The van der Waals surface area contributed by atoms with Crippen LogP contribution in [0.25, 0.3) is 0 Å². The van der Waals surface area contributed by atoms with Crippen molar-refractivity contribution in [3.8, 4) is 0 Å². The summed E-state index contributed by atoms with van der Waals surface area (Å²) in [6.45, 7) is 0. The Morgan fingerprint density at radius 2 is 0.385 bits per heavy atom. The molecule has 2 rings (SSSR count). The van der Waals surface area contributed by atoms with Crippen molar-refractivity contribution in [2.24, 2.45) is 0 Å². The van der Waals surface area contributed by atoms with Gasteiger partial charge in [0.25, 0.3) is 0 Å². The molecule has 2 aliphatic carbocycles. The Kier molecular flexibility index (Phi) is 10.2. The maximum Gasteiger partial charge on any atom is 0 e. The van der Waals surface area contributed by atoms with Crippen LogP contribution in [-0.2, 0) is 0 Å². The number of rotatable bonds is 0. The van der Waals surface area contributed by atoms with E-state index in [1.165, 1.54) is 77.0 Å². The monoisotopic (exact) mass is 182 g/mol. The van der Waals surface area contributed by atoms with Gasteiger partial charge >= 0.3 is 0 Å². The molecule has 0 unspecified atom stereocenters. The lowest BCUT2D eigenvalue weighted by molar-refractivity contribution is 0.504. The first-order valence-electron chi connectivity index (χ1n) is 6.00. The molecule has 0 saturated heterocycles. The second kappa shape index (κ2) is 10.1. The Balaban J connectivity index is 0. The summed E-state index contributed by atoms with van der Waals surface area (Å²) in [5, 5.41) is 0. The third-order valence-corrected chi connectivity index (χ3v) is 3.00. The van der Waals surface area contributed by atoms with Crippen molar-refractivity contribution < 1.29 is 1.43 Å². The second-order valence-electron chi connectivity index (χ2n) is 4.24. The predicted molar refractivity (Wildman–Crippen MR) is 63.3 cm³/mol. The van der Waals surface area contributed by atoms with Gasteiger partial charge in [-0.25, -0.2) is 0 Å². The van der Waals surface area contributed by atoms with Crippen LogP contribution in [0, 0.1) is 0 Å². The van der Waals surface area contributed by atoms with Gasteiger partial charge in [-0.3, -0.25) is 0 Å². The van der Waals surface area contributed by atoms with Gasteiger partial charge in [-0.1, -0.05) is 77.0 Å². The van der Waals surface area contributed by atoms with E-state index in [1.807, 2.05) is 0 Å². The standard InChI is InChI=1S/2C6H12.B.H2/c2*1-2-4-6-5-3-1;;/h2*1-6H2;;1H/i;;;1+1. The predicted octanol–water partition coefficient (Wildman–Crippen LogP) is 4.55. The van der Waals surface area contributed by atoms with Crippen LogP contribution in [0.5, 0.6) is 0 Å².